The Kier molecular flexibility index (Phi) is 6.03. The number of benzene rings is 1. The Hall–Kier alpha value is -2.28. The van der Waals surface area contributed by atoms with Gasteiger partial charge >= 0.3 is 0 Å². The molecule has 2 rings (SSSR count). The lowest BCUT2D eigenvalue weighted by molar-refractivity contribution is -0.130. The summed E-state index contributed by atoms with van der Waals surface area (Å²) in [6, 6.07) is 8.80. The minimum Gasteiger partial charge on any atom is -0.479 e. The topological polar surface area (TPSA) is 80.6 Å². The summed E-state index contributed by atoms with van der Waals surface area (Å²) in [5, 5.41) is 0. The third-order valence-corrected chi connectivity index (χ3v) is 4.01. The van der Waals surface area contributed by atoms with Gasteiger partial charge in [-0.1, -0.05) is 26.0 Å². The first-order valence-corrected chi connectivity index (χ1v) is 8.25. The Morgan fingerprint density at radius 1 is 1.17 bits per heavy atom. The van der Waals surface area contributed by atoms with E-state index in [4.69, 9.17) is 9.15 Å². The van der Waals surface area contributed by atoms with Crippen LogP contribution in [0.1, 0.15) is 30.0 Å². The fourth-order valence-corrected chi connectivity index (χ4v) is 2.43. The van der Waals surface area contributed by atoms with Crippen LogP contribution in [0, 0.1) is 12.8 Å². The maximum atomic E-state index is 12.4. The number of nitrogens with one attached hydrogen (secondary N) is 2. The average Bonchev–Trinajstić information content (AvgIpc) is 2.97. The number of rotatable bonds is 5. The van der Waals surface area contributed by atoms with E-state index in [1.807, 2.05) is 32.0 Å². The van der Waals surface area contributed by atoms with Crippen LogP contribution in [0.15, 0.2) is 45.5 Å². The number of halogens is 1. The predicted molar refractivity (Wildman–Crippen MR) is 92.4 cm³/mol. The van der Waals surface area contributed by atoms with Gasteiger partial charge in [-0.05, 0) is 47.0 Å². The lowest BCUT2D eigenvalue weighted by Gasteiger charge is -2.22. The summed E-state index contributed by atoms with van der Waals surface area (Å²) in [5.74, 6) is 0.0629. The van der Waals surface area contributed by atoms with Crippen molar-refractivity contribution in [3.8, 4) is 5.75 Å². The van der Waals surface area contributed by atoms with Gasteiger partial charge in [0.05, 0.1) is 16.3 Å². The number of hydrazine groups is 1. The molecule has 1 aromatic carbocycles. The highest BCUT2D eigenvalue weighted by molar-refractivity contribution is 9.10. The van der Waals surface area contributed by atoms with E-state index in [0.29, 0.717) is 17.1 Å². The fraction of sp³-hybridized carbons (Fsp3) is 0.294. The van der Waals surface area contributed by atoms with E-state index in [2.05, 4.69) is 26.8 Å². The average molecular weight is 395 g/mol. The standard InChI is InChI=1S/C17H19BrN2O4/c1-10(2)15(24-14-7-5-4-6-13(14)18)17(22)20-19-16(21)12-8-9-23-11(12)3/h4-10,15H,1-3H3,(H,19,21)(H,20,22)/t15-/m0/s1. The largest absolute Gasteiger partial charge is 0.479 e. The number of carbonyl (C=O) groups excluding carboxylic acids is 2. The zero-order valence-corrected chi connectivity index (χ0v) is 15.2. The van der Waals surface area contributed by atoms with Crippen LogP contribution in [0.2, 0.25) is 0 Å². The van der Waals surface area contributed by atoms with Crippen molar-refractivity contribution in [2.75, 3.05) is 0 Å². The van der Waals surface area contributed by atoms with Crippen LogP contribution < -0.4 is 15.6 Å². The van der Waals surface area contributed by atoms with Crippen LogP contribution in [-0.4, -0.2) is 17.9 Å². The van der Waals surface area contributed by atoms with Gasteiger partial charge in [0.1, 0.15) is 11.5 Å². The van der Waals surface area contributed by atoms with Crippen molar-refractivity contribution in [3.63, 3.8) is 0 Å². The third kappa shape index (κ3) is 4.38. The number of furan rings is 1. The van der Waals surface area contributed by atoms with Gasteiger partial charge in [0, 0.05) is 0 Å². The minimum atomic E-state index is -0.755. The third-order valence-electron chi connectivity index (χ3n) is 3.36. The molecule has 0 unspecified atom stereocenters. The van der Waals surface area contributed by atoms with E-state index in [0.717, 1.165) is 4.47 Å². The van der Waals surface area contributed by atoms with Gasteiger partial charge in [0.15, 0.2) is 6.10 Å². The molecule has 0 aliphatic heterocycles. The normalized spacial score (nSPS) is 11.9. The molecule has 7 heteroatoms. The Morgan fingerprint density at radius 3 is 2.46 bits per heavy atom. The zero-order chi connectivity index (χ0) is 17.7. The zero-order valence-electron chi connectivity index (χ0n) is 13.6. The van der Waals surface area contributed by atoms with E-state index in [-0.39, 0.29) is 5.92 Å². The molecule has 2 N–H and O–H groups in total. The van der Waals surface area contributed by atoms with Crippen LogP contribution in [0.4, 0.5) is 0 Å². The SMILES string of the molecule is Cc1occc1C(=O)NNC(=O)[C@@H](Oc1ccccc1Br)C(C)C. The van der Waals surface area contributed by atoms with Gasteiger partial charge in [0.25, 0.3) is 11.8 Å². The van der Waals surface area contributed by atoms with Crippen LogP contribution in [0.5, 0.6) is 5.75 Å². The molecule has 128 valence electrons. The Morgan fingerprint density at radius 2 is 1.88 bits per heavy atom. The van der Waals surface area contributed by atoms with Crippen molar-refractivity contribution in [2.24, 2.45) is 5.92 Å². The summed E-state index contributed by atoms with van der Waals surface area (Å²) in [6.07, 6.45) is 0.661. The van der Waals surface area contributed by atoms with Crippen LogP contribution >= 0.6 is 15.9 Å². The number of amides is 2. The lowest BCUT2D eigenvalue weighted by Crippen LogP contribution is -2.49. The van der Waals surface area contributed by atoms with Crippen molar-refractivity contribution >= 4 is 27.7 Å². The van der Waals surface area contributed by atoms with E-state index >= 15 is 0 Å². The Balaban J connectivity index is 2.01. The second-order valence-electron chi connectivity index (χ2n) is 5.55. The molecular weight excluding hydrogens is 376 g/mol. The molecule has 0 spiro atoms. The predicted octanol–water partition coefficient (Wildman–Crippen LogP) is 3.22. The van der Waals surface area contributed by atoms with Crippen molar-refractivity contribution < 1.29 is 18.7 Å². The Bertz CT molecular complexity index is 727. The number of hydrogen-bond acceptors (Lipinski definition) is 4. The van der Waals surface area contributed by atoms with Crippen molar-refractivity contribution in [1.29, 1.82) is 0 Å². The molecule has 0 radical (unpaired) electrons. The number of hydrogen-bond donors (Lipinski definition) is 2. The molecule has 0 bridgehead atoms. The summed E-state index contributed by atoms with van der Waals surface area (Å²) in [5.41, 5.74) is 5.13. The molecule has 1 heterocycles. The second kappa shape index (κ2) is 8.01. The first kappa shape index (κ1) is 18.1. The van der Waals surface area contributed by atoms with Gasteiger partial charge in [-0.2, -0.15) is 0 Å². The molecule has 1 aromatic heterocycles. The van der Waals surface area contributed by atoms with E-state index in [1.54, 1.807) is 13.0 Å². The summed E-state index contributed by atoms with van der Waals surface area (Å²) >= 11 is 3.38. The van der Waals surface area contributed by atoms with Gasteiger partial charge in [-0.3, -0.25) is 20.4 Å². The molecule has 0 aliphatic rings. The molecule has 1 atom stereocenters. The molecule has 0 saturated carbocycles. The van der Waals surface area contributed by atoms with Gasteiger partial charge in [-0.25, -0.2) is 0 Å². The first-order chi connectivity index (χ1) is 11.4. The van der Waals surface area contributed by atoms with E-state index in [9.17, 15) is 9.59 Å². The maximum Gasteiger partial charge on any atom is 0.279 e. The smallest absolute Gasteiger partial charge is 0.279 e. The quantitative estimate of drug-likeness (QED) is 0.762. The summed E-state index contributed by atoms with van der Waals surface area (Å²) in [4.78, 5) is 24.4. The molecule has 0 fully saturated rings. The van der Waals surface area contributed by atoms with Crippen LogP contribution in [0.25, 0.3) is 0 Å². The molecule has 0 aliphatic carbocycles. The maximum absolute atomic E-state index is 12.4. The van der Waals surface area contributed by atoms with Crippen molar-refractivity contribution in [3.05, 3.63) is 52.4 Å². The summed E-state index contributed by atoms with van der Waals surface area (Å²) in [6.45, 7) is 5.40. The molecule has 6 nitrogen and oxygen atoms in total. The summed E-state index contributed by atoms with van der Waals surface area (Å²) < 4.78 is 11.6. The highest BCUT2D eigenvalue weighted by atomic mass is 79.9. The van der Waals surface area contributed by atoms with Crippen molar-refractivity contribution in [1.82, 2.24) is 10.9 Å². The molecule has 24 heavy (non-hydrogen) atoms. The lowest BCUT2D eigenvalue weighted by atomic mass is 10.1. The summed E-state index contributed by atoms with van der Waals surface area (Å²) in [7, 11) is 0. The Labute approximate surface area is 148 Å². The van der Waals surface area contributed by atoms with E-state index in [1.165, 1.54) is 12.3 Å². The van der Waals surface area contributed by atoms with Crippen LogP contribution in [0.3, 0.4) is 0 Å². The monoisotopic (exact) mass is 394 g/mol. The van der Waals surface area contributed by atoms with E-state index < -0.39 is 17.9 Å². The molecule has 0 saturated heterocycles. The highest BCUT2D eigenvalue weighted by Gasteiger charge is 2.25. The second-order valence-corrected chi connectivity index (χ2v) is 6.40. The number of ether oxygens (including phenoxy) is 1. The number of aryl methyl sites for hydroxylation is 1. The van der Waals surface area contributed by atoms with Crippen molar-refractivity contribution in [2.45, 2.75) is 26.9 Å². The molecular formula is C17H19BrN2O4. The molecule has 2 amide bonds. The van der Waals surface area contributed by atoms with Gasteiger partial charge < -0.3 is 9.15 Å². The van der Waals surface area contributed by atoms with Gasteiger partial charge in [0.2, 0.25) is 0 Å². The van der Waals surface area contributed by atoms with Gasteiger partial charge in [-0.15, -0.1) is 0 Å². The first-order valence-electron chi connectivity index (χ1n) is 7.45. The molecule has 2 aromatic rings. The highest BCUT2D eigenvalue weighted by Crippen LogP contribution is 2.26. The number of carbonyl (C=O) groups is 2. The number of para-hydroxylation sites is 1. The van der Waals surface area contributed by atoms with Crippen LogP contribution in [-0.2, 0) is 4.79 Å². The minimum absolute atomic E-state index is 0.0929. The fourth-order valence-electron chi connectivity index (χ4n) is 2.05.